The van der Waals surface area contributed by atoms with Gasteiger partial charge < -0.3 is 4.74 Å². The van der Waals surface area contributed by atoms with Crippen LogP contribution in [0.25, 0.3) is 11.0 Å². The molecule has 198 valence electrons. The van der Waals surface area contributed by atoms with Gasteiger partial charge in [-0.25, -0.2) is 23.2 Å². The van der Waals surface area contributed by atoms with E-state index in [1.165, 1.54) is 35.1 Å². The molecule has 1 aliphatic rings. The molecule has 0 radical (unpaired) electrons. The van der Waals surface area contributed by atoms with Gasteiger partial charge in [-0.1, -0.05) is 32.5 Å². The third-order valence-corrected chi connectivity index (χ3v) is 8.83. The number of sulfonamides is 1. The predicted molar refractivity (Wildman–Crippen MR) is 136 cm³/mol. The molecule has 37 heavy (non-hydrogen) atoms. The molecule has 3 aromatic rings. The molecular weight excluding hydrogens is 524 g/mol. The molecule has 0 spiro atoms. The molecule has 1 fully saturated rings. The van der Waals surface area contributed by atoms with Gasteiger partial charge in [0.2, 0.25) is 10.0 Å². The Morgan fingerprint density at radius 3 is 2.32 bits per heavy atom. The van der Waals surface area contributed by atoms with Crippen molar-refractivity contribution >= 4 is 38.5 Å². The number of rotatable bonds is 5. The van der Waals surface area contributed by atoms with E-state index in [4.69, 9.17) is 4.74 Å². The Hall–Kier alpha value is -3.14. The highest BCUT2D eigenvalue weighted by Gasteiger charge is 2.30. The van der Waals surface area contributed by atoms with E-state index in [1.807, 2.05) is 20.8 Å². The average Bonchev–Trinajstić information content (AvgIpc) is 2.85. The van der Waals surface area contributed by atoms with Gasteiger partial charge in [-0.2, -0.15) is 4.31 Å². The van der Waals surface area contributed by atoms with Gasteiger partial charge in [0.25, 0.3) is 11.2 Å². The number of hydrogen-bond acceptors (Lipinski definition) is 10. The second-order valence-electron chi connectivity index (χ2n) is 9.51. The summed E-state index contributed by atoms with van der Waals surface area (Å²) in [7, 11) is -1.17. The standard InChI is InChI=1S/C22H26N6O7S2/c1-22(2,3)20-23-17-16(19(29)26(5)21(30)25(17)4)18(24-20)36-15-7-6-13(12-14(15)28(31)32)37(33,34)27-8-10-35-11-9-27/h6-7,12H,8-11H2,1-5H3. The number of benzene rings is 1. The molecule has 3 heterocycles. The Morgan fingerprint density at radius 1 is 1.08 bits per heavy atom. The first-order chi connectivity index (χ1) is 17.2. The van der Waals surface area contributed by atoms with Gasteiger partial charge in [0.05, 0.1) is 27.9 Å². The van der Waals surface area contributed by atoms with E-state index in [1.54, 1.807) is 0 Å². The van der Waals surface area contributed by atoms with Crippen LogP contribution in [0.2, 0.25) is 0 Å². The molecule has 13 nitrogen and oxygen atoms in total. The molecule has 1 aliphatic heterocycles. The van der Waals surface area contributed by atoms with Crippen LogP contribution in [0.3, 0.4) is 0 Å². The molecule has 1 aromatic carbocycles. The van der Waals surface area contributed by atoms with Crippen LogP contribution in [0.1, 0.15) is 26.6 Å². The summed E-state index contributed by atoms with van der Waals surface area (Å²) in [6, 6.07) is 3.63. The van der Waals surface area contributed by atoms with E-state index in [-0.39, 0.29) is 52.2 Å². The fourth-order valence-electron chi connectivity index (χ4n) is 3.77. The molecule has 0 bridgehead atoms. The van der Waals surface area contributed by atoms with Crippen LogP contribution < -0.4 is 11.2 Å². The number of hydrogen-bond donors (Lipinski definition) is 0. The highest BCUT2D eigenvalue weighted by molar-refractivity contribution is 7.99. The van der Waals surface area contributed by atoms with Gasteiger partial charge in [0.1, 0.15) is 16.2 Å². The summed E-state index contributed by atoms with van der Waals surface area (Å²) in [6.45, 7) is 6.35. The maximum absolute atomic E-state index is 13.1. The lowest BCUT2D eigenvalue weighted by Crippen LogP contribution is -2.40. The van der Waals surface area contributed by atoms with Crippen molar-refractivity contribution in [2.75, 3.05) is 26.3 Å². The van der Waals surface area contributed by atoms with Crippen molar-refractivity contribution in [1.82, 2.24) is 23.4 Å². The molecule has 15 heteroatoms. The van der Waals surface area contributed by atoms with Crippen molar-refractivity contribution < 1.29 is 18.1 Å². The van der Waals surface area contributed by atoms with Gasteiger partial charge in [0, 0.05) is 38.7 Å². The van der Waals surface area contributed by atoms with Crippen LogP contribution in [0.15, 0.2) is 42.6 Å². The zero-order valence-electron chi connectivity index (χ0n) is 20.9. The van der Waals surface area contributed by atoms with Crippen molar-refractivity contribution in [2.45, 2.75) is 41.0 Å². The third-order valence-electron chi connectivity index (χ3n) is 5.88. The fourth-order valence-corrected chi connectivity index (χ4v) is 6.19. The van der Waals surface area contributed by atoms with Crippen molar-refractivity contribution in [1.29, 1.82) is 0 Å². The van der Waals surface area contributed by atoms with Gasteiger partial charge >= 0.3 is 5.69 Å². The van der Waals surface area contributed by atoms with Crippen LogP contribution >= 0.6 is 11.8 Å². The summed E-state index contributed by atoms with van der Waals surface area (Å²) in [5.41, 5.74) is -2.14. The molecule has 0 unspecified atom stereocenters. The number of morpholine rings is 1. The van der Waals surface area contributed by atoms with Crippen molar-refractivity contribution in [3.63, 3.8) is 0 Å². The molecule has 0 atom stereocenters. The maximum atomic E-state index is 13.1. The Balaban J connectivity index is 1.91. The first kappa shape index (κ1) is 26.9. The monoisotopic (exact) mass is 550 g/mol. The van der Waals surface area contributed by atoms with Crippen molar-refractivity contribution in [3.05, 3.63) is 55.0 Å². The van der Waals surface area contributed by atoms with Gasteiger partial charge in [-0.05, 0) is 12.1 Å². The van der Waals surface area contributed by atoms with Crippen LogP contribution in [-0.2, 0) is 34.3 Å². The minimum Gasteiger partial charge on any atom is -0.379 e. The summed E-state index contributed by atoms with van der Waals surface area (Å²) in [6.07, 6.45) is 0. The first-order valence-corrected chi connectivity index (χ1v) is 13.5. The van der Waals surface area contributed by atoms with Gasteiger partial charge in [-0.3, -0.25) is 24.0 Å². The summed E-state index contributed by atoms with van der Waals surface area (Å²) in [5, 5.41) is 12.1. The third kappa shape index (κ3) is 4.91. The largest absolute Gasteiger partial charge is 0.379 e. The Bertz CT molecular complexity index is 1630. The Kier molecular flexibility index (Phi) is 7.00. The van der Waals surface area contributed by atoms with Gasteiger partial charge in [-0.15, -0.1) is 0 Å². The molecule has 2 aromatic heterocycles. The molecule has 0 saturated carbocycles. The van der Waals surface area contributed by atoms with E-state index in [0.717, 1.165) is 22.4 Å². The Labute approximate surface area is 216 Å². The number of nitrogens with zero attached hydrogens (tertiary/aromatic N) is 6. The minimum atomic E-state index is -3.97. The van der Waals surface area contributed by atoms with Crippen LogP contribution in [0, 0.1) is 10.1 Å². The quantitative estimate of drug-likeness (QED) is 0.258. The van der Waals surface area contributed by atoms with E-state index in [0.29, 0.717) is 5.82 Å². The summed E-state index contributed by atoms with van der Waals surface area (Å²) in [5.74, 6) is 0.333. The first-order valence-electron chi connectivity index (χ1n) is 11.3. The average molecular weight is 551 g/mol. The van der Waals surface area contributed by atoms with Crippen molar-refractivity contribution in [3.8, 4) is 0 Å². The second-order valence-corrected chi connectivity index (χ2v) is 12.5. The lowest BCUT2D eigenvalue weighted by atomic mass is 9.96. The van der Waals surface area contributed by atoms with Crippen LogP contribution in [0.4, 0.5) is 5.69 Å². The Morgan fingerprint density at radius 2 is 1.73 bits per heavy atom. The molecule has 4 rings (SSSR count). The lowest BCUT2D eigenvalue weighted by Gasteiger charge is -2.26. The zero-order chi connectivity index (χ0) is 27.3. The topological polar surface area (TPSA) is 160 Å². The fraction of sp³-hybridized carbons (Fsp3) is 0.455. The number of aryl methyl sites for hydroxylation is 1. The number of fused-ring (bicyclic) bond motifs is 1. The molecule has 0 amide bonds. The zero-order valence-corrected chi connectivity index (χ0v) is 22.6. The van der Waals surface area contributed by atoms with Crippen LogP contribution in [0.5, 0.6) is 0 Å². The highest BCUT2D eigenvalue weighted by Crippen LogP contribution is 2.38. The number of nitro groups is 1. The van der Waals surface area contributed by atoms with E-state index < -0.39 is 37.3 Å². The van der Waals surface area contributed by atoms with Gasteiger partial charge in [0.15, 0.2) is 5.65 Å². The molecular formula is C22H26N6O7S2. The maximum Gasteiger partial charge on any atom is 0.332 e. The predicted octanol–water partition coefficient (Wildman–Crippen LogP) is 1.41. The number of nitro benzene ring substituents is 1. The van der Waals surface area contributed by atoms with E-state index in [2.05, 4.69) is 9.97 Å². The van der Waals surface area contributed by atoms with E-state index >= 15 is 0 Å². The number of aromatic nitrogens is 4. The number of ether oxygens (including phenoxy) is 1. The van der Waals surface area contributed by atoms with Crippen LogP contribution in [-0.4, -0.2) is 63.1 Å². The smallest absolute Gasteiger partial charge is 0.332 e. The minimum absolute atomic E-state index is 0.0295. The molecule has 1 saturated heterocycles. The summed E-state index contributed by atoms with van der Waals surface area (Å²) in [4.78, 5) is 45.8. The SMILES string of the molecule is Cn1c(=O)c2c(Sc3ccc(S(=O)(=O)N4CCOCC4)cc3[N+](=O)[O-])nc(C(C)(C)C)nc2n(C)c1=O. The highest BCUT2D eigenvalue weighted by atomic mass is 32.2. The van der Waals surface area contributed by atoms with Crippen molar-refractivity contribution in [2.24, 2.45) is 14.1 Å². The lowest BCUT2D eigenvalue weighted by molar-refractivity contribution is -0.388. The summed E-state index contributed by atoms with van der Waals surface area (Å²) < 4.78 is 34.7. The second kappa shape index (κ2) is 9.63. The summed E-state index contributed by atoms with van der Waals surface area (Å²) >= 11 is 0.845. The van der Waals surface area contributed by atoms with E-state index in [9.17, 15) is 28.1 Å². The molecule has 0 aliphatic carbocycles. The normalized spacial score (nSPS) is 15.3. The molecule has 0 N–H and O–H groups in total.